The molecule has 0 aliphatic carbocycles. The van der Waals surface area contributed by atoms with E-state index in [0.717, 1.165) is 32.7 Å². The number of rotatable bonds is 3. The first-order chi connectivity index (χ1) is 6.42. The molecule has 1 aliphatic rings. The normalized spacial score (nSPS) is 15.8. The molecule has 0 unspecified atom stereocenters. The lowest BCUT2D eigenvalue weighted by Gasteiger charge is -2.14. The van der Waals surface area contributed by atoms with Crippen molar-refractivity contribution in [3.8, 4) is 0 Å². The largest absolute Gasteiger partial charge is 0.383 e. The van der Waals surface area contributed by atoms with E-state index in [-0.39, 0.29) is 0 Å². The van der Waals surface area contributed by atoms with E-state index in [9.17, 15) is 0 Å². The predicted molar refractivity (Wildman–Crippen MR) is 49.5 cm³/mol. The van der Waals surface area contributed by atoms with E-state index >= 15 is 0 Å². The summed E-state index contributed by atoms with van der Waals surface area (Å²) in [7, 11) is 1.72. The Morgan fingerprint density at radius 3 is 3.46 bits per heavy atom. The summed E-state index contributed by atoms with van der Waals surface area (Å²) in [6.45, 7) is 3.63. The van der Waals surface area contributed by atoms with E-state index in [1.807, 2.05) is 6.20 Å². The molecule has 0 fully saturated rings. The van der Waals surface area contributed by atoms with Gasteiger partial charge in [-0.15, -0.1) is 0 Å². The van der Waals surface area contributed by atoms with Gasteiger partial charge in [0.15, 0.2) is 0 Å². The molecule has 0 bridgehead atoms. The second kappa shape index (κ2) is 3.89. The molecule has 0 atom stereocenters. The molecular formula is C9H15N3O. The van der Waals surface area contributed by atoms with Crippen LogP contribution in [-0.2, 0) is 24.2 Å². The topological polar surface area (TPSA) is 39.1 Å². The second-order valence-electron chi connectivity index (χ2n) is 3.26. The van der Waals surface area contributed by atoms with Crippen molar-refractivity contribution in [3.63, 3.8) is 0 Å². The molecular weight excluding hydrogens is 166 g/mol. The molecule has 1 N–H and O–H groups in total. The molecule has 4 heteroatoms. The van der Waals surface area contributed by atoms with Gasteiger partial charge in [0.05, 0.1) is 19.3 Å². The van der Waals surface area contributed by atoms with Crippen molar-refractivity contribution in [1.82, 2.24) is 15.1 Å². The van der Waals surface area contributed by atoms with Gasteiger partial charge in [0.25, 0.3) is 0 Å². The number of ether oxygens (including phenoxy) is 1. The highest BCUT2D eigenvalue weighted by Crippen LogP contribution is 2.12. The minimum Gasteiger partial charge on any atom is -0.383 e. The van der Waals surface area contributed by atoms with Gasteiger partial charge in [-0.25, -0.2) is 0 Å². The lowest BCUT2D eigenvalue weighted by atomic mass is 10.1. The van der Waals surface area contributed by atoms with Gasteiger partial charge in [0.2, 0.25) is 0 Å². The van der Waals surface area contributed by atoms with Crippen LogP contribution < -0.4 is 5.32 Å². The number of hydrogen-bond donors (Lipinski definition) is 1. The summed E-state index contributed by atoms with van der Waals surface area (Å²) in [5.74, 6) is 0. The molecule has 1 aliphatic heterocycles. The van der Waals surface area contributed by atoms with Crippen molar-refractivity contribution in [2.45, 2.75) is 19.5 Å². The van der Waals surface area contributed by atoms with Crippen molar-refractivity contribution in [2.75, 3.05) is 20.3 Å². The highest BCUT2D eigenvalue weighted by molar-refractivity contribution is 5.20. The Morgan fingerprint density at radius 1 is 1.69 bits per heavy atom. The summed E-state index contributed by atoms with van der Waals surface area (Å²) in [4.78, 5) is 0. The average Bonchev–Trinajstić information content (AvgIpc) is 2.58. The zero-order valence-electron chi connectivity index (χ0n) is 7.92. The predicted octanol–water partition coefficient (Wildman–Crippen LogP) is 0.175. The van der Waals surface area contributed by atoms with Gasteiger partial charge in [0.1, 0.15) is 0 Å². The number of nitrogens with one attached hydrogen (secondary N) is 1. The van der Waals surface area contributed by atoms with Crippen LogP contribution in [0.1, 0.15) is 11.3 Å². The quantitative estimate of drug-likeness (QED) is 0.722. The van der Waals surface area contributed by atoms with E-state index < -0.39 is 0 Å². The Bertz CT molecular complexity index is 282. The van der Waals surface area contributed by atoms with Crippen molar-refractivity contribution >= 4 is 0 Å². The fourth-order valence-electron chi connectivity index (χ4n) is 1.69. The fourth-order valence-corrected chi connectivity index (χ4v) is 1.69. The molecule has 0 radical (unpaired) electrons. The van der Waals surface area contributed by atoms with E-state index in [1.165, 1.54) is 11.3 Å². The third kappa shape index (κ3) is 1.73. The van der Waals surface area contributed by atoms with Crippen LogP contribution in [0, 0.1) is 0 Å². The van der Waals surface area contributed by atoms with Gasteiger partial charge in [-0.05, 0) is 0 Å². The van der Waals surface area contributed by atoms with Crippen molar-refractivity contribution < 1.29 is 4.74 Å². The molecule has 2 heterocycles. The molecule has 2 rings (SSSR count). The van der Waals surface area contributed by atoms with Crippen molar-refractivity contribution in [2.24, 2.45) is 0 Å². The lowest BCUT2D eigenvalue weighted by molar-refractivity contribution is 0.182. The van der Waals surface area contributed by atoms with Crippen LogP contribution >= 0.6 is 0 Å². The maximum atomic E-state index is 5.03. The highest BCUT2D eigenvalue weighted by Gasteiger charge is 2.13. The van der Waals surface area contributed by atoms with Gasteiger partial charge in [0, 0.05) is 37.9 Å². The molecule has 13 heavy (non-hydrogen) atoms. The van der Waals surface area contributed by atoms with Gasteiger partial charge in [-0.1, -0.05) is 0 Å². The zero-order chi connectivity index (χ0) is 9.10. The Balaban J connectivity index is 2.12. The van der Waals surface area contributed by atoms with Crippen LogP contribution in [0.15, 0.2) is 6.20 Å². The second-order valence-corrected chi connectivity index (χ2v) is 3.26. The average molecular weight is 181 g/mol. The maximum Gasteiger partial charge on any atom is 0.0658 e. The summed E-state index contributed by atoms with van der Waals surface area (Å²) < 4.78 is 7.08. The lowest BCUT2D eigenvalue weighted by Crippen LogP contribution is -2.25. The first kappa shape index (κ1) is 8.72. The third-order valence-corrected chi connectivity index (χ3v) is 2.40. The number of nitrogens with zero attached hydrogens (tertiary/aromatic N) is 2. The van der Waals surface area contributed by atoms with Crippen LogP contribution in [0.2, 0.25) is 0 Å². The molecule has 72 valence electrons. The van der Waals surface area contributed by atoms with E-state index in [0.29, 0.717) is 0 Å². The molecule has 1 aromatic rings. The van der Waals surface area contributed by atoms with Crippen LogP contribution in [-0.4, -0.2) is 30.0 Å². The molecule has 4 nitrogen and oxygen atoms in total. The Kier molecular flexibility index (Phi) is 2.61. The summed E-state index contributed by atoms with van der Waals surface area (Å²) in [5.41, 5.74) is 2.71. The number of aromatic nitrogens is 2. The molecule has 0 saturated heterocycles. The summed E-state index contributed by atoms with van der Waals surface area (Å²) in [5, 5.41) is 7.66. The van der Waals surface area contributed by atoms with E-state index in [1.54, 1.807) is 7.11 Å². The van der Waals surface area contributed by atoms with Gasteiger partial charge in [-0.2, -0.15) is 5.10 Å². The molecule has 0 spiro atoms. The SMILES string of the molecule is COCCn1ncc2c1CCNC2. The highest BCUT2D eigenvalue weighted by atomic mass is 16.5. The monoisotopic (exact) mass is 181 g/mol. The Hall–Kier alpha value is -0.870. The molecule has 1 aromatic heterocycles. The van der Waals surface area contributed by atoms with E-state index in [4.69, 9.17) is 4.74 Å². The maximum absolute atomic E-state index is 5.03. The number of hydrogen-bond acceptors (Lipinski definition) is 3. The number of methoxy groups -OCH3 is 1. The van der Waals surface area contributed by atoms with Gasteiger partial charge < -0.3 is 10.1 Å². The molecule has 0 amide bonds. The molecule has 0 saturated carbocycles. The molecule has 0 aromatic carbocycles. The first-order valence-electron chi connectivity index (χ1n) is 4.65. The van der Waals surface area contributed by atoms with Crippen LogP contribution in [0.3, 0.4) is 0 Å². The van der Waals surface area contributed by atoms with Crippen LogP contribution in [0.25, 0.3) is 0 Å². The minimum absolute atomic E-state index is 0.738. The summed E-state index contributed by atoms with van der Waals surface area (Å²) in [6.07, 6.45) is 3.04. The third-order valence-electron chi connectivity index (χ3n) is 2.40. The van der Waals surface area contributed by atoms with Crippen molar-refractivity contribution in [1.29, 1.82) is 0 Å². The zero-order valence-corrected chi connectivity index (χ0v) is 7.92. The fraction of sp³-hybridized carbons (Fsp3) is 0.667. The Morgan fingerprint density at radius 2 is 2.62 bits per heavy atom. The summed E-state index contributed by atoms with van der Waals surface area (Å²) in [6, 6.07) is 0. The number of fused-ring (bicyclic) bond motifs is 1. The Labute approximate surface area is 77.9 Å². The van der Waals surface area contributed by atoms with Crippen LogP contribution in [0.5, 0.6) is 0 Å². The summed E-state index contributed by atoms with van der Waals surface area (Å²) >= 11 is 0. The first-order valence-corrected chi connectivity index (χ1v) is 4.65. The van der Waals surface area contributed by atoms with Crippen molar-refractivity contribution in [3.05, 3.63) is 17.5 Å². The van der Waals surface area contributed by atoms with Crippen LogP contribution in [0.4, 0.5) is 0 Å². The van der Waals surface area contributed by atoms with Gasteiger partial charge in [-0.3, -0.25) is 4.68 Å². The minimum atomic E-state index is 0.738. The standard InChI is InChI=1S/C9H15N3O/c1-13-5-4-12-9-2-3-10-6-8(9)7-11-12/h7,10H,2-6H2,1H3. The van der Waals surface area contributed by atoms with E-state index in [2.05, 4.69) is 15.1 Å². The smallest absolute Gasteiger partial charge is 0.0658 e. The van der Waals surface area contributed by atoms with Gasteiger partial charge >= 0.3 is 0 Å².